The Morgan fingerprint density at radius 2 is 1.87 bits per heavy atom. The van der Waals surface area contributed by atoms with Crippen molar-refractivity contribution in [2.75, 3.05) is 0 Å². The number of rotatable bonds is 2. The molecule has 3 rings (SSSR count). The SMILES string of the molecule is O=C1C=C/C(=C(\C2=CC=CCC2)c2ccc(O)c(O)c2)C=C1O. The second-order valence-corrected chi connectivity index (χ2v) is 5.42. The van der Waals surface area contributed by atoms with Crippen LogP contribution in [-0.2, 0) is 4.79 Å². The highest BCUT2D eigenvalue weighted by atomic mass is 16.3. The average Bonchev–Trinajstić information content (AvgIpc) is 2.55. The van der Waals surface area contributed by atoms with Crippen LogP contribution in [-0.4, -0.2) is 21.1 Å². The number of carbonyl (C=O) groups is 1. The van der Waals surface area contributed by atoms with Crippen molar-refractivity contribution in [1.82, 2.24) is 0 Å². The van der Waals surface area contributed by atoms with Gasteiger partial charge in [-0.1, -0.05) is 30.4 Å². The van der Waals surface area contributed by atoms with Crippen LogP contribution in [0, 0.1) is 0 Å². The summed E-state index contributed by atoms with van der Waals surface area (Å²) in [6.45, 7) is 0. The zero-order valence-corrected chi connectivity index (χ0v) is 12.4. The molecule has 1 aromatic carbocycles. The molecule has 2 aliphatic rings. The lowest BCUT2D eigenvalue weighted by Crippen LogP contribution is -2.05. The molecule has 1 aromatic rings. The van der Waals surface area contributed by atoms with Crippen molar-refractivity contribution < 1.29 is 20.1 Å². The number of aliphatic hydroxyl groups is 1. The predicted octanol–water partition coefficient (Wildman–Crippen LogP) is 3.71. The Balaban J connectivity index is 2.21. The summed E-state index contributed by atoms with van der Waals surface area (Å²) in [7, 11) is 0. The van der Waals surface area contributed by atoms with Gasteiger partial charge >= 0.3 is 0 Å². The van der Waals surface area contributed by atoms with Gasteiger partial charge in [-0.15, -0.1) is 0 Å². The molecule has 4 heteroatoms. The van der Waals surface area contributed by atoms with E-state index in [4.69, 9.17) is 0 Å². The van der Waals surface area contributed by atoms with E-state index in [-0.39, 0.29) is 17.3 Å². The molecule has 0 radical (unpaired) electrons. The van der Waals surface area contributed by atoms with E-state index in [1.165, 1.54) is 24.3 Å². The van der Waals surface area contributed by atoms with Gasteiger partial charge in [0.05, 0.1) is 0 Å². The average molecular weight is 308 g/mol. The van der Waals surface area contributed by atoms with Crippen molar-refractivity contribution in [3.8, 4) is 11.5 Å². The lowest BCUT2D eigenvalue weighted by Gasteiger charge is -2.18. The van der Waals surface area contributed by atoms with Gasteiger partial charge in [-0.2, -0.15) is 0 Å². The topological polar surface area (TPSA) is 77.8 Å². The number of hydrogen-bond acceptors (Lipinski definition) is 4. The molecule has 3 N–H and O–H groups in total. The van der Waals surface area contributed by atoms with Gasteiger partial charge in [0.15, 0.2) is 17.3 Å². The quantitative estimate of drug-likeness (QED) is 0.728. The Morgan fingerprint density at radius 3 is 2.52 bits per heavy atom. The van der Waals surface area contributed by atoms with Crippen LogP contribution < -0.4 is 0 Å². The van der Waals surface area contributed by atoms with Gasteiger partial charge in [-0.3, -0.25) is 4.79 Å². The van der Waals surface area contributed by atoms with Gasteiger partial charge in [-0.05, 0) is 59.4 Å². The number of benzene rings is 1. The molecule has 0 unspecified atom stereocenters. The Labute approximate surface area is 133 Å². The minimum absolute atomic E-state index is 0.191. The highest BCUT2D eigenvalue weighted by Crippen LogP contribution is 2.37. The molecule has 0 atom stereocenters. The molecule has 0 aromatic heterocycles. The maximum absolute atomic E-state index is 11.4. The molecule has 0 saturated heterocycles. The fourth-order valence-corrected chi connectivity index (χ4v) is 2.70. The van der Waals surface area contributed by atoms with Gasteiger partial charge in [0.25, 0.3) is 0 Å². The first-order chi connectivity index (χ1) is 11.1. The van der Waals surface area contributed by atoms with Crippen LogP contribution in [0.25, 0.3) is 5.57 Å². The van der Waals surface area contributed by atoms with Gasteiger partial charge in [0.2, 0.25) is 5.78 Å². The first kappa shape index (κ1) is 14.9. The molecule has 0 spiro atoms. The first-order valence-electron chi connectivity index (χ1n) is 7.32. The summed E-state index contributed by atoms with van der Waals surface area (Å²) < 4.78 is 0. The third kappa shape index (κ3) is 2.97. The molecular weight excluding hydrogens is 292 g/mol. The van der Waals surface area contributed by atoms with Gasteiger partial charge < -0.3 is 15.3 Å². The van der Waals surface area contributed by atoms with Crippen molar-refractivity contribution in [3.63, 3.8) is 0 Å². The van der Waals surface area contributed by atoms with Crippen molar-refractivity contribution in [3.05, 3.63) is 77.1 Å². The number of aliphatic hydroxyl groups excluding tert-OH is 1. The Hall–Kier alpha value is -3.01. The molecule has 0 amide bonds. The van der Waals surface area contributed by atoms with Gasteiger partial charge in [0, 0.05) is 0 Å². The monoisotopic (exact) mass is 308 g/mol. The van der Waals surface area contributed by atoms with E-state index in [0.717, 1.165) is 24.0 Å². The number of phenols is 2. The fourth-order valence-electron chi connectivity index (χ4n) is 2.70. The lowest BCUT2D eigenvalue weighted by atomic mass is 9.86. The third-order valence-electron chi connectivity index (χ3n) is 3.85. The molecule has 0 heterocycles. The minimum atomic E-state index is -0.431. The molecule has 4 nitrogen and oxygen atoms in total. The van der Waals surface area contributed by atoms with E-state index in [2.05, 4.69) is 6.08 Å². The van der Waals surface area contributed by atoms with E-state index in [9.17, 15) is 20.1 Å². The summed E-state index contributed by atoms with van der Waals surface area (Å²) in [5.41, 5.74) is 3.25. The van der Waals surface area contributed by atoms with Crippen LogP contribution in [0.5, 0.6) is 11.5 Å². The van der Waals surface area contributed by atoms with Crippen LogP contribution in [0.2, 0.25) is 0 Å². The fraction of sp³-hybridized carbons (Fsp3) is 0.105. The van der Waals surface area contributed by atoms with Crippen LogP contribution in [0.15, 0.2) is 71.6 Å². The zero-order chi connectivity index (χ0) is 16.4. The number of carbonyl (C=O) groups excluding carboxylic acids is 1. The number of allylic oxidation sites excluding steroid dienone is 9. The summed E-state index contributed by atoms with van der Waals surface area (Å²) in [6.07, 6.45) is 12.1. The normalized spacial score (nSPS) is 19.4. The van der Waals surface area contributed by atoms with Gasteiger partial charge in [0.1, 0.15) is 0 Å². The number of hydrogen-bond donors (Lipinski definition) is 3. The molecule has 0 fully saturated rings. The van der Waals surface area contributed by atoms with E-state index in [1.54, 1.807) is 12.1 Å². The second kappa shape index (κ2) is 6.01. The molecule has 23 heavy (non-hydrogen) atoms. The van der Waals surface area contributed by atoms with Crippen LogP contribution >= 0.6 is 0 Å². The molecule has 0 aliphatic heterocycles. The second-order valence-electron chi connectivity index (χ2n) is 5.42. The largest absolute Gasteiger partial charge is 0.504 e. The van der Waals surface area contributed by atoms with Crippen molar-refractivity contribution in [1.29, 1.82) is 0 Å². The summed E-state index contributed by atoms with van der Waals surface area (Å²) in [5, 5.41) is 29.1. The summed E-state index contributed by atoms with van der Waals surface area (Å²) >= 11 is 0. The van der Waals surface area contributed by atoms with Crippen LogP contribution in [0.1, 0.15) is 18.4 Å². The van der Waals surface area contributed by atoms with E-state index in [1.807, 2.05) is 12.2 Å². The van der Waals surface area contributed by atoms with Crippen molar-refractivity contribution >= 4 is 11.4 Å². The summed E-state index contributed by atoms with van der Waals surface area (Å²) in [4.78, 5) is 11.4. The number of aromatic hydroxyl groups is 2. The molecule has 2 aliphatic carbocycles. The van der Waals surface area contributed by atoms with Crippen molar-refractivity contribution in [2.45, 2.75) is 12.8 Å². The highest BCUT2D eigenvalue weighted by Gasteiger charge is 2.18. The minimum Gasteiger partial charge on any atom is -0.504 e. The van der Waals surface area contributed by atoms with E-state index in [0.29, 0.717) is 11.1 Å². The predicted molar refractivity (Wildman–Crippen MR) is 88.0 cm³/mol. The Bertz CT molecular complexity index is 820. The lowest BCUT2D eigenvalue weighted by molar-refractivity contribution is -0.113. The highest BCUT2D eigenvalue weighted by molar-refractivity contribution is 6.05. The number of ketones is 1. The maximum Gasteiger partial charge on any atom is 0.220 e. The van der Waals surface area contributed by atoms with Crippen molar-refractivity contribution in [2.24, 2.45) is 0 Å². The van der Waals surface area contributed by atoms with Gasteiger partial charge in [-0.25, -0.2) is 0 Å². The smallest absolute Gasteiger partial charge is 0.220 e. The molecule has 116 valence electrons. The van der Waals surface area contributed by atoms with E-state index < -0.39 is 5.78 Å². The molecular formula is C19H16O4. The maximum atomic E-state index is 11.4. The zero-order valence-electron chi connectivity index (χ0n) is 12.4. The van der Waals surface area contributed by atoms with E-state index >= 15 is 0 Å². The standard InChI is InChI=1S/C19H16O4/c20-15-8-6-13(10-17(15)22)19(12-4-2-1-3-5-12)14-7-9-16(21)18(23)11-14/h1-2,4,6-11,20,22-23H,3,5H2/b19-14-. The summed E-state index contributed by atoms with van der Waals surface area (Å²) in [6, 6.07) is 4.60. The number of phenolic OH excluding ortho intramolecular Hbond substituents is 2. The first-order valence-corrected chi connectivity index (χ1v) is 7.32. The Kier molecular flexibility index (Phi) is 3.89. The summed E-state index contributed by atoms with van der Waals surface area (Å²) in [5.74, 6) is -1.14. The van der Waals surface area contributed by atoms with Crippen LogP contribution in [0.4, 0.5) is 0 Å². The third-order valence-corrected chi connectivity index (χ3v) is 3.85. The molecule has 0 saturated carbocycles. The Morgan fingerprint density at radius 1 is 1.04 bits per heavy atom. The van der Waals surface area contributed by atoms with Crippen LogP contribution in [0.3, 0.4) is 0 Å². The molecule has 0 bridgehead atoms.